The molecule has 8 heteroatoms. The summed E-state index contributed by atoms with van der Waals surface area (Å²) in [5, 5.41) is 11.8. The Hall–Kier alpha value is -1.44. The van der Waals surface area contributed by atoms with Crippen LogP contribution < -0.4 is 5.32 Å². The highest BCUT2D eigenvalue weighted by molar-refractivity contribution is 7.85. The van der Waals surface area contributed by atoms with Crippen LogP contribution in [-0.2, 0) is 15.6 Å². The first-order valence-corrected chi connectivity index (χ1v) is 8.22. The molecule has 1 aromatic rings. The van der Waals surface area contributed by atoms with E-state index in [1.54, 1.807) is 0 Å². The standard InChI is InChI=1S/C13H15ClN2O4S/c14-10-2-1-9(13(18)19)7-11(10)15-12(17)8-16-3-5-21(20)6-4-16/h1-2,7H,3-6,8H2,(H,15,17)(H,18,19). The summed E-state index contributed by atoms with van der Waals surface area (Å²) in [5.74, 6) is -0.210. The van der Waals surface area contributed by atoms with Crippen molar-refractivity contribution in [2.75, 3.05) is 36.5 Å². The van der Waals surface area contributed by atoms with Gasteiger partial charge in [0.15, 0.2) is 0 Å². The van der Waals surface area contributed by atoms with Crippen LogP contribution in [0.3, 0.4) is 0 Å². The number of amides is 1. The van der Waals surface area contributed by atoms with E-state index in [1.165, 1.54) is 18.2 Å². The summed E-state index contributed by atoms with van der Waals surface area (Å²) in [6.07, 6.45) is 0. The summed E-state index contributed by atoms with van der Waals surface area (Å²) in [5.41, 5.74) is 0.338. The molecule has 1 aliphatic heterocycles. The van der Waals surface area contributed by atoms with Gasteiger partial charge in [-0.15, -0.1) is 0 Å². The van der Waals surface area contributed by atoms with Gasteiger partial charge in [-0.05, 0) is 18.2 Å². The van der Waals surface area contributed by atoms with E-state index in [0.717, 1.165) is 0 Å². The van der Waals surface area contributed by atoms with Gasteiger partial charge in [0.25, 0.3) is 0 Å². The van der Waals surface area contributed by atoms with E-state index in [1.807, 2.05) is 4.90 Å². The topological polar surface area (TPSA) is 86.7 Å². The maximum Gasteiger partial charge on any atom is 0.335 e. The van der Waals surface area contributed by atoms with Gasteiger partial charge in [0.2, 0.25) is 5.91 Å². The largest absolute Gasteiger partial charge is 0.478 e. The first kappa shape index (κ1) is 15.9. The van der Waals surface area contributed by atoms with Gasteiger partial charge in [0.05, 0.1) is 22.8 Å². The number of carbonyl (C=O) groups excluding carboxylic acids is 1. The third-order valence-electron chi connectivity index (χ3n) is 3.12. The molecule has 0 spiro atoms. The normalized spacial score (nSPS) is 16.6. The highest BCUT2D eigenvalue weighted by Gasteiger charge is 2.18. The molecule has 1 saturated heterocycles. The molecule has 0 radical (unpaired) electrons. The predicted octanol–water partition coefficient (Wildman–Crippen LogP) is 1.04. The maximum atomic E-state index is 12.0. The van der Waals surface area contributed by atoms with Crippen molar-refractivity contribution in [3.05, 3.63) is 28.8 Å². The number of carbonyl (C=O) groups is 2. The molecule has 114 valence electrons. The molecule has 1 fully saturated rings. The number of carboxylic acid groups (broad SMARTS) is 1. The molecule has 1 amide bonds. The van der Waals surface area contributed by atoms with Gasteiger partial charge in [-0.3, -0.25) is 13.9 Å². The number of nitrogens with one attached hydrogen (secondary N) is 1. The second kappa shape index (κ2) is 7.02. The van der Waals surface area contributed by atoms with Crippen molar-refractivity contribution in [3.8, 4) is 0 Å². The fourth-order valence-corrected chi connectivity index (χ4v) is 3.27. The summed E-state index contributed by atoms with van der Waals surface area (Å²) >= 11 is 5.95. The van der Waals surface area contributed by atoms with E-state index in [9.17, 15) is 13.8 Å². The summed E-state index contributed by atoms with van der Waals surface area (Å²) in [6.45, 7) is 1.40. The molecule has 0 unspecified atom stereocenters. The van der Waals surface area contributed by atoms with Crippen molar-refractivity contribution in [1.29, 1.82) is 0 Å². The summed E-state index contributed by atoms with van der Waals surface area (Å²) in [4.78, 5) is 24.8. The Balaban J connectivity index is 1.97. The molecule has 21 heavy (non-hydrogen) atoms. The van der Waals surface area contributed by atoms with E-state index >= 15 is 0 Å². The van der Waals surface area contributed by atoms with Crippen LogP contribution in [0.4, 0.5) is 5.69 Å². The van der Waals surface area contributed by atoms with Gasteiger partial charge < -0.3 is 10.4 Å². The lowest BCUT2D eigenvalue weighted by Crippen LogP contribution is -2.42. The zero-order valence-corrected chi connectivity index (χ0v) is 12.7. The minimum absolute atomic E-state index is 0.0584. The van der Waals surface area contributed by atoms with E-state index in [0.29, 0.717) is 24.6 Å². The van der Waals surface area contributed by atoms with Crippen LogP contribution in [0.25, 0.3) is 0 Å². The first-order chi connectivity index (χ1) is 9.95. The maximum absolute atomic E-state index is 12.0. The number of aromatic carboxylic acids is 1. The highest BCUT2D eigenvalue weighted by Crippen LogP contribution is 2.23. The van der Waals surface area contributed by atoms with E-state index < -0.39 is 16.8 Å². The molecule has 0 aromatic heterocycles. The molecule has 1 aromatic carbocycles. The van der Waals surface area contributed by atoms with Crippen molar-refractivity contribution >= 4 is 40.0 Å². The lowest BCUT2D eigenvalue weighted by Gasteiger charge is -2.25. The molecule has 1 heterocycles. The molecule has 0 atom stereocenters. The number of anilines is 1. The van der Waals surface area contributed by atoms with E-state index in [4.69, 9.17) is 16.7 Å². The Kier molecular flexibility index (Phi) is 5.33. The van der Waals surface area contributed by atoms with Crippen LogP contribution in [-0.4, -0.2) is 57.2 Å². The minimum Gasteiger partial charge on any atom is -0.478 e. The number of rotatable bonds is 4. The Labute approximate surface area is 129 Å². The van der Waals surface area contributed by atoms with Gasteiger partial charge in [0, 0.05) is 35.4 Å². The fraction of sp³-hybridized carbons (Fsp3) is 0.385. The minimum atomic E-state index is -1.08. The lowest BCUT2D eigenvalue weighted by atomic mass is 10.2. The number of carboxylic acids is 1. The van der Waals surface area contributed by atoms with Crippen LogP contribution in [0.1, 0.15) is 10.4 Å². The summed E-state index contributed by atoms with van der Waals surface area (Å²) < 4.78 is 11.2. The molecule has 2 rings (SSSR count). The number of benzene rings is 1. The Morgan fingerprint density at radius 1 is 1.33 bits per heavy atom. The van der Waals surface area contributed by atoms with E-state index in [2.05, 4.69) is 5.32 Å². The first-order valence-electron chi connectivity index (χ1n) is 6.36. The Morgan fingerprint density at radius 2 is 2.00 bits per heavy atom. The van der Waals surface area contributed by atoms with Crippen LogP contribution in [0.15, 0.2) is 18.2 Å². The van der Waals surface area contributed by atoms with Crippen LogP contribution >= 0.6 is 11.6 Å². The lowest BCUT2D eigenvalue weighted by molar-refractivity contribution is -0.117. The van der Waals surface area contributed by atoms with Crippen LogP contribution in [0.5, 0.6) is 0 Å². The van der Waals surface area contributed by atoms with E-state index in [-0.39, 0.29) is 28.7 Å². The predicted molar refractivity (Wildman–Crippen MR) is 81.4 cm³/mol. The Bertz CT molecular complexity index is 584. The molecule has 0 bridgehead atoms. The van der Waals surface area contributed by atoms with Crippen molar-refractivity contribution in [3.63, 3.8) is 0 Å². The number of hydrogen-bond donors (Lipinski definition) is 2. The number of halogens is 1. The van der Waals surface area contributed by atoms with Crippen molar-refractivity contribution in [1.82, 2.24) is 4.90 Å². The second-order valence-electron chi connectivity index (χ2n) is 4.67. The average molecular weight is 331 g/mol. The van der Waals surface area contributed by atoms with Gasteiger partial charge >= 0.3 is 5.97 Å². The van der Waals surface area contributed by atoms with Crippen LogP contribution in [0, 0.1) is 0 Å². The number of nitrogens with zero attached hydrogens (tertiary/aromatic N) is 1. The quantitative estimate of drug-likeness (QED) is 0.861. The second-order valence-corrected chi connectivity index (χ2v) is 6.78. The molecule has 0 aliphatic carbocycles. The third-order valence-corrected chi connectivity index (χ3v) is 4.73. The summed E-state index contributed by atoms with van der Waals surface area (Å²) in [7, 11) is -0.785. The fourth-order valence-electron chi connectivity index (χ4n) is 1.98. The monoisotopic (exact) mass is 330 g/mol. The van der Waals surface area contributed by atoms with Crippen molar-refractivity contribution in [2.45, 2.75) is 0 Å². The average Bonchev–Trinajstić information content (AvgIpc) is 2.43. The van der Waals surface area contributed by atoms with Gasteiger partial charge in [-0.1, -0.05) is 11.6 Å². The zero-order valence-electron chi connectivity index (χ0n) is 11.2. The highest BCUT2D eigenvalue weighted by atomic mass is 35.5. The van der Waals surface area contributed by atoms with Crippen molar-refractivity contribution < 1.29 is 18.9 Å². The SMILES string of the molecule is O=C(CN1CCS(=O)CC1)Nc1cc(C(=O)O)ccc1Cl. The number of hydrogen-bond acceptors (Lipinski definition) is 4. The molecule has 2 N–H and O–H groups in total. The smallest absolute Gasteiger partial charge is 0.335 e. The molecular weight excluding hydrogens is 316 g/mol. The molecule has 1 aliphatic rings. The zero-order chi connectivity index (χ0) is 15.4. The third kappa shape index (κ3) is 4.52. The van der Waals surface area contributed by atoms with Crippen LogP contribution in [0.2, 0.25) is 5.02 Å². The van der Waals surface area contributed by atoms with Crippen molar-refractivity contribution in [2.24, 2.45) is 0 Å². The molecular formula is C13H15ClN2O4S. The molecule has 0 saturated carbocycles. The van der Waals surface area contributed by atoms with Gasteiger partial charge in [-0.2, -0.15) is 0 Å². The Morgan fingerprint density at radius 3 is 2.62 bits per heavy atom. The summed E-state index contributed by atoms with van der Waals surface area (Å²) in [6, 6.07) is 4.14. The molecule has 6 nitrogen and oxygen atoms in total. The van der Waals surface area contributed by atoms with Gasteiger partial charge in [-0.25, -0.2) is 4.79 Å². The van der Waals surface area contributed by atoms with Gasteiger partial charge in [0.1, 0.15) is 0 Å².